The summed E-state index contributed by atoms with van der Waals surface area (Å²) < 4.78 is 253. The van der Waals surface area contributed by atoms with Crippen LogP contribution in [0.3, 0.4) is 0 Å². The van der Waals surface area contributed by atoms with Gasteiger partial charge in [-0.15, -0.1) is 0 Å². The van der Waals surface area contributed by atoms with Gasteiger partial charge in [0.1, 0.15) is 44.5 Å². The number of ether oxygens (including phenoxy) is 9. The third-order valence-corrected chi connectivity index (χ3v) is 26.2. The van der Waals surface area contributed by atoms with Crippen LogP contribution in [0.4, 0.5) is 44.3 Å². The second kappa shape index (κ2) is 40.7. The molecule has 4 unspecified atom stereocenters. The molecule has 3 heterocycles. The van der Waals surface area contributed by atoms with Gasteiger partial charge in [0.25, 0.3) is 0 Å². The van der Waals surface area contributed by atoms with Crippen LogP contribution < -0.4 is 14.2 Å². The van der Waals surface area contributed by atoms with E-state index in [-0.39, 0.29) is 34.6 Å². The number of hydrogen-bond donors (Lipinski definition) is 0. The molecule has 0 N–H and O–H groups in total. The van der Waals surface area contributed by atoms with E-state index in [1.54, 1.807) is 83.1 Å². The summed E-state index contributed by atoms with van der Waals surface area (Å²) in [5.41, 5.74) is -3.61. The fraction of sp³-hybridized carbons (Fsp3) is 0.474. The monoisotopic (exact) mass is 1760 g/mol. The van der Waals surface area contributed by atoms with E-state index in [1.165, 1.54) is 24.5 Å². The molecule has 1 fully saturated rings. The SMILES string of the molecule is CC(C)(C)OC(=O)OCOc1ccc([S+]2c3ccccc3Oc3ccccc32)cc1.CC1(C)CC(Oc2ccc([S+]3c4ccccc4Sc4ccccc43)cc2)C(=O)O1.CCC(C)(C)C(=O)OCCC(F)C(F)(F)S(=O)(=O)[O-].CCC(C)(C)C(=O)OCCC(F)C(F)(F)S(=O)(=O)[O-].CCC(C)(C)C(=O)OCCC(F)C(F)(F)S(=O)(=O)[O-]. The Morgan fingerprint density at radius 1 is 0.491 bits per heavy atom. The number of alkyl halides is 9. The van der Waals surface area contributed by atoms with Crippen molar-refractivity contribution in [2.45, 2.75) is 233 Å². The summed E-state index contributed by atoms with van der Waals surface area (Å²) in [5.74, 6) is 0.650. The van der Waals surface area contributed by atoms with Gasteiger partial charge in [-0.1, -0.05) is 81.1 Å². The molecule has 0 aromatic heterocycles. The summed E-state index contributed by atoms with van der Waals surface area (Å²) in [6.07, 6.45) is -12.3. The van der Waals surface area contributed by atoms with Crippen LogP contribution in [-0.2, 0) is 99.7 Å². The largest absolute Gasteiger partial charge is 0.743 e. The van der Waals surface area contributed by atoms with Gasteiger partial charge in [-0.3, -0.25) is 14.4 Å². The first-order chi connectivity index (χ1) is 53.5. The van der Waals surface area contributed by atoms with Gasteiger partial charge in [-0.05, 0) is 192 Å². The number of fused-ring (bicyclic) bond motifs is 4. The molecule has 3 aliphatic heterocycles. The van der Waals surface area contributed by atoms with Crippen LogP contribution in [0.2, 0.25) is 0 Å². The molecule has 0 radical (unpaired) electrons. The van der Waals surface area contributed by atoms with Crippen molar-refractivity contribution >= 4 is 93.9 Å². The quantitative estimate of drug-likeness (QED) is 0.0110. The highest BCUT2D eigenvalue weighted by Crippen LogP contribution is 2.50. The average molecular weight is 1760 g/mol. The molecular formula is C78H92F9O23S6-. The highest BCUT2D eigenvalue weighted by Gasteiger charge is 2.50. The number of cyclic esters (lactones) is 1. The third kappa shape index (κ3) is 27.3. The molecule has 0 amide bonds. The maximum atomic E-state index is 13.0. The fourth-order valence-electron chi connectivity index (χ4n) is 9.47. The minimum atomic E-state index is -6.08. The van der Waals surface area contributed by atoms with Crippen molar-refractivity contribution < 1.29 is 145 Å². The average Bonchev–Trinajstić information content (AvgIpc) is 0.864. The predicted octanol–water partition coefficient (Wildman–Crippen LogP) is 17.4. The van der Waals surface area contributed by atoms with Crippen LogP contribution in [0, 0.1) is 16.2 Å². The zero-order valence-electron chi connectivity index (χ0n) is 65.7. The summed E-state index contributed by atoms with van der Waals surface area (Å²) in [5, 5.41) is -15.1. The Labute approximate surface area is 679 Å². The molecule has 38 heteroatoms. The normalized spacial score (nSPS) is 15.7. The highest BCUT2D eigenvalue weighted by molar-refractivity contribution is 8.04. The first kappa shape index (κ1) is 98.6. The zero-order valence-corrected chi connectivity index (χ0v) is 70.6. The number of rotatable bonds is 28. The van der Waals surface area contributed by atoms with Crippen molar-refractivity contribution in [1.82, 2.24) is 0 Å². The summed E-state index contributed by atoms with van der Waals surface area (Å²) in [6, 6.07) is 49.5. The maximum Gasteiger partial charge on any atom is 0.511 e. The van der Waals surface area contributed by atoms with Crippen molar-refractivity contribution in [2.75, 3.05) is 26.6 Å². The molecule has 6 aromatic carbocycles. The lowest BCUT2D eigenvalue weighted by Crippen LogP contribution is -2.39. The topological polar surface area (TPSA) is 340 Å². The summed E-state index contributed by atoms with van der Waals surface area (Å²) >= 11 is 1.84. The molecular weight excluding hydrogens is 1670 g/mol. The van der Waals surface area contributed by atoms with Crippen LogP contribution in [0.1, 0.15) is 142 Å². The Kier molecular flexibility index (Phi) is 34.6. The minimum absolute atomic E-state index is 0.158. The van der Waals surface area contributed by atoms with Crippen molar-refractivity contribution in [3.63, 3.8) is 0 Å². The second-order valence-corrected chi connectivity index (χ2v) is 38.7. The van der Waals surface area contributed by atoms with Crippen LogP contribution >= 0.6 is 11.8 Å². The Hall–Kier alpha value is -7.98. The standard InChI is InChI=1S/C24H23O5S.C24H21O3S2.3C10H17F3O5S/c1-24(2,3)29-23(25)27-16-26-17-12-14-18(15-13-17)30-21-10-6-4-8-19(21)28-20-9-5-7-11-22(20)30;1-24(2)15-18(23(25)27-24)26-16-11-13-17(14-12-16)29-21-9-5-3-7-19(21)28-20-8-4-6-10-22(20)29;3*1-4-9(2,3)8(14)18-6-5-7(11)10(12,13)19(15,16)17/h4-15H,16H2,1-3H3;3-14,18H,15H2,1-2H3;3*7H,4-6H2,1-3H3,(H,15,16,17)/q2*+1;;;/p-3. The molecule has 3 aliphatic rings. The molecule has 4 atom stereocenters. The summed E-state index contributed by atoms with van der Waals surface area (Å²) in [7, 11) is -18.7. The Bertz CT molecular complexity index is 4400. The van der Waals surface area contributed by atoms with Crippen molar-refractivity contribution in [3.8, 4) is 23.0 Å². The van der Waals surface area contributed by atoms with Crippen molar-refractivity contribution in [1.29, 1.82) is 0 Å². The highest BCUT2D eigenvalue weighted by atomic mass is 32.2. The van der Waals surface area contributed by atoms with Crippen LogP contribution in [0.5, 0.6) is 23.0 Å². The molecule has 0 spiro atoms. The Morgan fingerprint density at radius 3 is 1.13 bits per heavy atom. The zero-order chi connectivity index (χ0) is 87.6. The number of benzene rings is 6. The van der Waals surface area contributed by atoms with Crippen LogP contribution in [-0.4, -0.2) is 147 Å². The smallest absolute Gasteiger partial charge is 0.511 e. The van der Waals surface area contributed by atoms with E-state index in [2.05, 4.69) is 87.0 Å². The van der Waals surface area contributed by atoms with Gasteiger partial charge < -0.3 is 56.3 Å². The lowest BCUT2D eigenvalue weighted by Gasteiger charge is -2.24. The maximum absolute atomic E-state index is 13.0. The number of carbonyl (C=O) groups is 5. The van der Waals surface area contributed by atoms with Gasteiger partial charge in [0, 0.05) is 25.7 Å². The van der Waals surface area contributed by atoms with E-state index >= 15 is 0 Å². The second-order valence-electron chi connectivity index (χ2n) is 29.3. The number of hydrogen-bond acceptors (Lipinski definition) is 24. The lowest BCUT2D eigenvalue weighted by atomic mass is 9.91. The fourth-order valence-corrected chi connectivity index (χ4v) is 16.7. The first-order valence-electron chi connectivity index (χ1n) is 35.7. The summed E-state index contributed by atoms with van der Waals surface area (Å²) in [4.78, 5) is 67.9. The molecule has 0 saturated carbocycles. The Morgan fingerprint density at radius 2 is 0.810 bits per heavy atom. The Balaban J connectivity index is 0.000000264. The van der Waals surface area contributed by atoms with Crippen LogP contribution in [0.25, 0.3) is 0 Å². The third-order valence-electron chi connectivity index (χ3n) is 17.4. The predicted molar refractivity (Wildman–Crippen MR) is 407 cm³/mol. The molecule has 0 aliphatic carbocycles. The summed E-state index contributed by atoms with van der Waals surface area (Å²) in [6.45, 7) is 21.2. The molecule has 1 saturated heterocycles. The molecule has 0 bridgehead atoms. The minimum Gasteiger partial charge on any atom is -0.743 e. The van der Waals surface area contributed by atoms with Crippen LogP contribution in [0.15, 0.2) is 185 Å². The number of carbonyl (C=O) groups excluding carboxylic acids is 5. The van der Waals surface area contributed by atoms with E-state index in [9.17, 15) is 102 Å². The van der Waals surface area contributed by atoms with E-state index < -0.39 is 161 Å². The van der Waals surface area contributed by atoms with E-state index in [4.69, 9.17) is 28.4 Å². The van der Waals surface area contributed by atoms with Crippen molar-refractivity contribution in [2.24, 2.45) is 16.2 Å². The van der Waals surface area contributed by atoms with E-state index in [0.717, 1.165) is 26.2 Å². The van der Waals surface area contributed by atoms with Gasteiger partial charge in [0.05, 0.1) is 45.9 Å². The van der Waals surface area contributed by atoms with Gasteiger partial charge in [0.15, 0.2) is 86.1 Å². The first-order valence-corrected chi connectivity index (χ1v) is 43.2. The lowest BCUT2D eigenvalue weighted by molar-refractivity contribution is -0.156. The van der Waals surface area contributed by atoms with Gasteiger partial charge >= 0.3 is 45.8 Å². The van der Waals surface area contributed by atoms with E-state index in [0.29, 0.717) is 37.2 Å². The van der Waals surface area contributed by atoms with Gasteiger partial charge in [0.2, 0.25) is 16.6 Å². The molecule has 6 aromatic rings. The molecule has 23 nitrogen and oxygen atoms in total. The van der Waals surface area contributed by atoms with Crippen molar-refractivity contribution in [3.05, 3.63) is 146 Å². The van der Waals surface area contributed by atoms with E-state index in [1.807, 2.05) is 98.4 Å². The number of esters is 4. The molecule has 642 valence electrons. The molecule has 116 heavy (non-hydrogen) atoms. The van der Waals surface area contributed by atoms with Gasteiger partial charge in [-0.2, -0.15) is 26.3 Å². The van der Waals surface area contributed by atoms with Gasteiger partial charge in [-0.25, -0.2) is 48.0 Å². The number of para-hydroxylation sites is 2. The number of halogens is 9. The molecule has 9 rings (SSSR count).